The Morgan fingerprint density at radius 2 is 1.83 bits per heavy atom. The minimum Gasteiger partial charge on any atom is -0.497 e. The number of hydrogen-bond donors (Lipinski definition) is 1. The van der Waals surface area contributed by atoms with E-state index in [0.717, 1.165) is 11.6 Å². The molecular formula is C16H13ClF3NO2. The number of halogens is 4. The number of methoxy groups -OCH3 is 1. The maximum Gasteiger partial charge on any atom is 0.454 e. The largest absolute Gasteiger partial charge is 0.497 e. The number of hydrogen-bond acceptors (Lipinski definition) is 3. The summed E-state index contributed by atoms with van der Waals surface area (Å²) < 4.78 is 43.0. The number of benzene rings is 2. The summed E-state index contributed by atoms with van der Waals surface area (Å²) in [5, 5.41) is 2.89. The molecule has 0 heterocycles. The van der Waals surface area contributed by atoms with Gasteiger partial charge >= 0.3 is 6.18 Å². The van der Waals surface area contributed by atoms with Crippen molar-refractivity contribution in [3.8, 4) is 5.75 Å². The van der Waals surface area contributed by atoms with E-state index in [1.54, 1.807) is 24.3 Å². The van der Waals surface area contributed by atoms with Crippen molar-refractivity contribution in [1.82, 2.24) is 0 Å². The summed E-state index contributed by atoms with van der Waals surface area (Å²) in [6.45, 7) is 0.254. The van der Waals surface area contributed by atoms with Crippen molar-refractivity contribution in [3.05, 3.63) is 58.6 Å². The zero-order valence-corrected chi connectivity index (χ0v) is 12.8. The Morgan fingerprint density at radius 3 is 2.39 bits per heavy atom. The number of carbonyl (C=O) groups is 1. The molecule has 0 aliphatic rings. The molecule has 0 saturated heterocycles. The molecule has 1 N–H and O–H groups in total. The first kappa shape index (κ1) is 17.1. The van der Waals surface area contributed by atoms with Crippen LogP contribution in [-0.4, -0.2) is 19.1 Å². The van der Waals surface area contributed by atoms with Crippen LogP contribution in [0.5, 0.6) is 5.75 Å². The van der Waals surface area contributed by atoms with E-state index < -0.39 is 17.5 Å². The van der Waals surface area contributed by atoms with Crippen LogP contribution in [0.1, 0.15) is 15.9 Å². The van der Waals surface area contributed by atoms with Crippen molar-refractivity contribution >= 4 is 23.1 Å². The van der Waals surface area contributed by atoms with Crippen LogP contribution >= 0.6 is 11.6 Å². The van der Waals surface area contributed by atoms with Crippen LogP contribution in [0.4, 0.5) is 18.9 Å². The second-order valence-electron chi connectivity index (χ2n) is 4.72. The van der Waals surface area contributed by atoms with Crippen LogP contribution in [0.25, 0.3) is 0 Å². The van der Waals surface area contributed by atoms with Gasteiger partial charge in [0.05, 0.1) is 12.7 Å². The molecule has 0 spiro atoms. The minimum atomic E-state index is -4.96. The van der Waals surface area contributed by atoms with Gasteiger partial charge in [-0.2, -0.15) is 13.2 Å². The van der Waals surface area contributed by atoms with Gasteiger partial charge < -0.3 is 10.1 Å². The fourth-order valence-corrected chi connectivity index (χ4v) is 2.12. The lowest BCUT2D eigenvalue weighted by Crippen LogP contribution is -2.24. The predicted molar refractivity (Wildman–Crippen MR) is 82.2 cm³/mol. The van der Waals surface area contributed by atoms with Crippen LogP contribution in [0.2, 0.25) is 5.02 Å². The van der Waals surface area contributed by atoms with Crippen molar-refractivity contribution in [2.45, 2.75) is 12.7 Å². The summed E-state index contributed by atoms with van der Waals surface area (Å²) in [5.41, 5.74) is 0.400. The highest BCUT2D eigenvalue weighted by molar-refractivity contribution is 6.31. The third kappa shape index (κ3) is 4.39. The van der Waals surface area contributed by atoms with Crippen molar-refractivity contribution < 1.29 is 22.7 Å². The SMILES string of the molecule is COc1ccc(CNc2ccc(Cl)cc2C(=O)C(F)(F)F)cc1. The molecule has 3 nitrogen and oxygen atoms in total. The first-order valence-corrected chi connectivity index (χ1v) is 6.97. The number of rotatable bonds is 5. The standard InChI is InChI=1S/C16H13ClF3NO2/c1-23-12-5-2-10(3-6-12)9-21-14-7-4-11(17)8-13(14)15(22)16(18,19)20/h2-8,21H,9H2,1H3. The van der Waals surface area contributed by atoms with Gasteiger partial charge in [-0.15, -0.1) is 0 Å². The Bertz CT molecular complexity index is 699. The van der Waals surface area contributed by atoms with E-state index in [1.807, 2.05) is 0 Å². The Morgan fingerprint density at radius 1 is 1.17 bits per heavy atom. The predicted octanol–water partition coefficient (Wildman–Crippen LogP) is 4.71. The van der Waals surface area contributed by atoms with E-state index in [9.17, 15) is 18.0 Å². The zero-order valence-electron chi connectivity index (χ0n) is 12.1. The van der Waals surface area contributed by atoms with E-state index in [-0.39, 0.29) is 17.3 Å². The Balaban J connectivity index is 2.20. The molecule has 0 aliphatic heterocycles. The van der Waals surface area contributed by atoms with Gasteiger partial charge in [0.2, 0.25) is 0 Å². The maximum atomic E-state index is 12.7. The molecule has 0 bridgehead atoms. The molecule has 0 saturated carbocycles. The molecule has 0 amide bonds. The highest BCUT2D eigenvalue weighted by Gasteiger charge is 2.40. The van der Waals surface area contributed by atoms with Crippen LogP contribution in [0.3, 0.4) is 0 Å². The van der Waals surface area contributed by atoms with E-state index in [4.69, 9.17) is 16.3 Å². The van der Waals surface area contributed by atoms with Crippen LogP contribution < -0.4 is 10.1 Å². The molecule has 2 aromatic rings. The van der Waals surface area contributed by atoms with E-state index in [1.165, 1.54) is 19.2 Å². The molecular weight excluding hydrogens is 331 g/mol. The molecule has 2 rings (SSSR count). The van der Waals surface area contributed by atoms with Crippen LogP contribution in [0, 0.1) is 0 Å². The number of anilines is 1. The van der Waals surface area contributed by atoms with Gasteiger partial charge in [-0.1, -0.05) is 23.7 Å². The smallest absolute Gasteiger partial charge is 0.454 e. The number of nitrogens with one attached hydrogen (secondary N) is 1. The number of Topliss-reactive ketones (excluding diaryl/α,β-unsaturated/α-hetero) is 1. The van der Waals surface area contributed by atoms with Gasteiger partial charge in [-0.25, -0.2) is 0 Å². The lowest BCUT2D eigenvalue weighted by Gasteiger charge is -2.13. The first-order chi connectivity index (χ1) is 10.8. The first-order valence-electron chi connectivity index (χ1n) is 6.59. The van der Waals surface area contributed by atoms with Crippen molar-refractivity contribution in [2.24, 2.45) is 0 Å². The molecule has 23 heavy (non-hydrogen) atoms. The van der Waals surface area contributed by atoms with Crippen LogP contribution in [0.15, 0.2) is 42.5 Å². The number of carbonyl (C=O) groups excluding carboxylic acids is 1. The van der Waals surface area contributed by atoms with Crippen molar-refractivity contribution in [2.75, 3.05) is 12.4 Å². The average Bonchev–Trinajstić information content (AvgIpc) is 2.52. The Kier molecular flexibility index (Phi) is 5.15. The van der Waals surface area contributed by atoms with Gasteiger partial charge in [0, 0.05) is 17.3 Å². The third-order valence-electron chi connectivity index (χ3n) is 3.13. The number of alkyl halides is 3. The monoisotopic (exact) mass is 343 g/mol. The molecule has 0 aromatic heterocycles. The van der Waals surface area contributed by atoms with Gasteiger partial charge in [-0.05, 0) is 35.9 Å². The van der Waals surface area contributed by atoms with Gasteiger partial charge in [0.1, 0.15) is 5.75 Å². The summed E-state index contributed by atoms with van der Waals surface area (Å²) >= 11 is 5.70. The third-order valence-corrected chi connectivity index (χ3v) is 3.36. The van der Waals surface area contributed by atoms with E-state index in [2.05, 4.69) is 5.32 Å². The summed E-state index contributed by atoms with van der Waals surface area (Å²) in [4.78, 5) is 11.5. The normalized spacial score (nSPS) is 11.2. The van der Waals surface area contributed by atoms with Gasteiger partial charge in [0.25, 0.3) is 5.78 Å². The molecule has 0 aliphatic carbocycles. The zero-order chi connectivity index (χ0) is 17.0. The molecule has 0 radical (unpaired) electrons. The highest BCUT2D eigenvalue weighted by atomic mass is 35.5. The Labute approximate surface area is 136 Å². The van der Waals surface area contributed by atoms with Crippen LogP contribution in [-0.2, 0) is 6.54 Å². The fourth-order valence-electron chi connectivity index (χ4n) is 1.95. The summed E-state index contributed by atoms with van der Waals surface area (Å²) in [5.74, 6) is -1.26. The maximum absolute atomic E-state index is 12.7. The molecule has 7 heteroatoms. The second kappa shape index (κ2) is 6.91. The number of ether oxygens (including phenoxy) is 1. The molecule has 0 fully saturated rings. The lowest BCUT2D eigenvalue weighted by molar-refractivity contribution is -0.0884. The highest BCUT2D eigenvalue weighted by Crippen LogP contribution is 2.29. The second-order valence-corrected chi connectivity index (χ2v) is 5.15. The van der Waals surface area contributed by atoms with E-state index >= 15 is 0 Å². The average molecular weight is 344 g/mol. The molecule has 0 atom stereocenters. The lowest BCUT2D eigenvalue weighted by atomic mass is 10.1. The topological polar surface area (TPSA) is 38.3 Å². The summed E-state index contributed by atoms with van der Waals surface area (Å²) in [6.07, 6.45) is -4.96. The fraction of sp³-hybridized carbons (Fsp3) is 0.188. The molecule has 2 aromatic carbocycles. The minimum absolute atomic E-state index is 0.0626. The van der Waals surface area contributed by atoms with Crippen molar-refractivity contribution in [3.63, 3.8) is 0 Å². The molecule has 0 unspecified atom stereocenters. The van der Waals surface area contributed by atoms with Crippen molar-refractivity contribution in [1.29, 1.82) is 0 Å². The van der Waals surface area contributed by atoms with Gasteiger partial charge in [0.15, 0.2) is 0 Å². The molecule has 122 valence electrons. The Hall–Kier alpha value is -2.21. The van der Waals surface area contributed by atoms with E-state index in [0.29, 0.717) is 5.75 Å². The quantitative estimate of drug-likeness (QED) is 0.799. The summed E-state index contributed by atoms with van der Waals surface area (Å²) in [6, 6.07) is 10.8. The number of ketones is 1. The summed E-state index contributed by atoms with van der Waals surface area (Å²) in [7, 11) is 1.54. The van der Waals surface area contributed by atoms with Gasteiger partial charge in [-0.3, -0.25) is 4.79 Å².